The average molecular weight is 257 g/mol. The molecule has 0 saturated heterocycles. The molecule has 0 aromatic carbocycles. The first-order valence-electron chi connectivity index (χ1n) is 5.39. The molecule has 0 unspecified atom stereocenters. The van der Waals surface area contributed by atoms with Gasteiger partial charge in [0.15, 0.2) is 0 Å². The van der Waals surface area contributed by atoms with Crippen LogP contribution in [0.25, 0.3) is 0 Å². The maximum absolute atomic E-state index is 11.7. The summed E-state index contributed by atoms with van der Waals surface area (Å²) in [7, 11) is 0. The third kappa shape index (κ3) is 10.3. The molecule has 0 aromatic heterocycles. The Kier molecular flexibility index (Phi) is 13.3. The van der Waals surface area contributed by atoms with Crippen molar-refractivity contribution in [3.05, 3.63) is 0 Å². The van der Waals surface area contributed by atoms with E-state index in [1.54, 1.807) is 0 Å². The Balaban J connectivity index is 0. The predicted molar refractivity (Wildman–Crippen MR) is 71.9 cm³/mol. The second kappa shape index (κ2) is 10.6. The number of hydrogen-bond acceptors (Lipinski definition) is 2. The van der Waals surface area contributed by atoms with Crippen molar-refractivity contribution < 1.29 is 4.79 Å². The summed E-state index contributed by atoms with van der Waals surface area (Å²) in [6.45, 7) is 12.4. The second-order valence-electron chi connectivity index (χ2n) is 4.39. The van der Waals surface area contributed by atoms with Gasteiger partial charge < -0.3 is 4.90 Å². The summed E-state index contributed by atoms with van der Waals surface area (Å²) in [5.41, 5.74) is 0. The molecule has 0 aromatic rings. The SMILES string of the molecule is CCSC(=O)N(CC(C)C)CC(C)C.[KH]. The number of rotatable bonds is 5. The van der Waals surface area contributed by atoms with E-state index < -0.39 is 0 Å². The van der Waals surface area contributed by atoms with E-state index >= 15 is 0 Å². The standard InChI is InChI=1S/C11H23NOS.K.H/c1-6-14-11(13)12(7-9(2)3)8-10(4)5;;/h9-10H,6-8H2,1-5H3;;. The van der Waals surface area contributed by atoms with Crippen LogP contribution in [0.3, 0.4) is 0 Å². The Morgan fingerprint density at radius 1 is 1.13 bits per heavy atom. The molecular weight excluding hydrogens is 233 g/mol. The number of carbonyl (C=O) groups excluding carboxylic acids is 1. The van der Waals surface area contributed by atoms with Crippen LogP contribution in [0, 0.1) is 11.8 Å². The molecule has 0 aliphatic carbocycles. The molecule has 0 N–H and O–H groups in total. The van der Waals surface area contributed by atoms with Gasteiger partial charge in [-0.3, -0.25) is 4.79 Å². The molecule has 2 nitrogen and oxygen atoms in total. The van der Waals surface area contributed by atoms with Gasteiger partial charge >= 0.3 is 51.4 Å². The van der Waals surface area contributed by atoms with Crippen molar-refractivity contribution in [3.63, 3.8) is 0 Å². The molecule has 1 amide bonds. The van der Waals surface area contributed by atoms with Crippen molar-refractivity contribution in [2.75, 3.05) is 18.8 Å². The Hall–Kier alpha value is 1.46. The van der Waals surface area contributed by atoms with Gasteiger partial charge in [-0.2, -0.15) is 0 Å². The fraction of sp³-hybridized carbons (Fsp3) is 0.909. The first-order chi connectivity index (χ1) is 6.47. The van der Waals surface area contributed by atoms with E-state index in [1.165, 1.54) is 11.8 Å². The van der Waals surface area contributed by atoms with E-state index in [0.717, 1.165) is 18.8 Å². The summed E-state index contributed by atoms with van der Waals surface area (Å²) in [5.74, 6) is 1.97. The topological polar surface area (TPSA) is 20.3 Å². The molecular formula is C11H24KNOS. The van der Waals surface area contributed by atoms with Gasteiger partial charge in [-0.25, -0.2) is 0 Å². The number of thioether (sulfide) groups is 1. The van der Waals surface area contributed by atoms with Crippen molar-refractivity contribution in [1.82, 2.24) is 4.90 Å². The molecule has 0 rings (SSSR count). The zero-order chi connectivity index (χ0) is 11.1. The van der Waals surface area contributed by atoms with Crippen LogP contribution >= 0.6 is 11.8 Å². The van der Waals surface area contributed by atoms with Gasteiger partial charge in [-0.1, -0.05) is 46.4 Å². The van der Waals surface area contributed by atoms with Gasteiger partial charge in [0.05, 0.1) is 0 Å². The van der Waals surface area contributed by atoms with Gasteiger partial charge in [0.25, 0.3) is 5.24 Å². The quantitative estimate of drug-likeness (QED) is 0.706. The van der Waals surface area contributed by atoms with Gasteiger partial charge in [-0.05, 0) is 17.6 Å². The molecule has 15 heavy (non-hydrogen) atoms. The molecule has 0 spiro atoms. The first-order valence-corrected chi connectivity index (χ1v) is 6.37. The molecule has 86 valence electrons. The van der Waals surface area contributed by atoms with Crippen molar-refractivity contribution in [1.29, 1.82) is 0 Å². The summed E-state index contributed by atoms with van der Waals surface area (Å²) < 4.78 is 0. The van der Waals surface area contributed by atoms with Gasteiger partial charge in [-0.15, -0.1) is 0 Å². The molecule has 0 aliphatic rings. The molecule has 0 aliphatic heterocycles. The zero-order valence-electron chi connectivity index (χ0n) is 10.0. The Bertz CT molecular complexity index is 164. The minimum atomic E-state index is 0. The Morgan fingerprint density at radius 2 is 1.53 bits per heavy atom. The van der Waals surface area contributed by atoms with Crippen molar-refractivity contribution >= 4 is 68.4 Å². The maximum atomic E-state index is 11.7. The third-order valence-corrected chi connectivity index (χ3v) is 2.49. The van der Waals surface area contributed by atoms with E-state index in [-0.39, 0.29) is 56.6 Å². The van der Waals surface area contributed by atoms with Crippen LogP contribution in [0.5, 0.6) is 0 Å². The summed E-state index contributed by atoms with van der Waals surface area (Å²) in [4.78, 5) is 13.7. The van der Waals surface area contributed by atoms with E-state index in [1.807, 2.05) is 11.8 Å². The number of hydrogen-bond donors (Lipinski definition) is 0. The Morgan fingerprint density at radius 3 is 1.80 bits per heavy atom. The van der Waals surface area contributed by atoms with Crippen LogP contribution in [0.2, 0.25) is 0 Å². The van der Waals surface area contributed by atoms with Crippen LogP contribution in [0.1, 0.15) is 34.6 Å². The normalized spacial score (nSPS) is 10.3. The third-order valence-electron chi connectivity index (χ3n) is 1.70. The molecule has 0 atom stereocenters. The Labute approximate surface area is 141 Å². The van der Waals surface area contributed by atoms with Crippen LogP contribution in [0.4, 0.5) is 4.79 Å². The van der Waals surface area contributed by atoms with Crippen molar-refractivity contribution in [2.45, 2.75) is 34.6 Å². The first kappa shape index (κ1) is 18.8. The number of nitrogens with zero attached hydrogens (tertiary/aromatic N) is 1. The van der Waals surface area contributed by atoms with Gasteiger partial charge in [0.1, 0.15) is 0 Å². The van der Waals surface area contributed by atoms with Crippen molar-refractivity contribution in [2.24, 2.45) is 11.8 Å². The average Bonchev–Trinajstić information content (AvgIpc) is 2.01. The fourth-order valence-corrected chi connectivity index (χ4v) is 1.90. The summed E-state index contributed by atoms with van der Waals surface area (Å²) in [6, 6.07) is 0. The van der Waals surface area contributed by atoms with E-state index in [9.17, 15) is 4.79 Å². The van der Waals surface area contributed by atoms with Crippen molar-refractivity contribution in [3.8, 4) is 0 Å². The van der Waals surface area contributed by atoms with Crippen LogP contribution < -0.4 is 0 Å². The van der Waals surface area contributed by atoms with Crippen LogP contribution in [0.15, 0.2) is 0 Å². The monoisotopic (exact) mass is 257 g/mol. The van der Waals surface area contributed by atoms with E-state index in [0.29, 0.717) is 11.8 Å². The zero-order valence-corrected chi connectivity index (χ0v) is 10.9. The predicted octanol–water partition coefficient (Wildman–Crippen LogP) is 2.83. The van der Waals surface area contributed by atoms with E-state index in [4.69, 9.17) is 0 Å². The van der Waals surface area contributed by atoms with Crippen LogP contribution in [-0.2, 0) is 0 Å². The molecule has 0 bridgehead atoms. The number of carbonyl (C=O) groups is 1. The summed E-state index contributed by atoms with van der Waals surface area (Å²) >= 11 is 1.41. The molecule has 4 heteroatoms. The molecule has 0 saturated carbocycles. The number of amides is 1. The van der Waals surface area contributed by atoms with Gasteiger partial charge in [0, 0.05) is 13.1 Å². The van der Waals surface area contributed by atoms with E-state index in [2.05, 4.69) is 27.7 Å². The second-order valence-corrected chi connectivity index (χ2v) is 5.61. The molecule has 0 radical (unpaired) electrons. The van der Waals surface area contributed by atoms with Crippen LogP contribution in [-0.4, -0.2) is 80.4 Å². The molecule has 0 heterocycles. The minimum absolute atomic E-state index is 0. The molecule has 0 fully saturated rings. The summed E-state index contributed by atoms with van der Waals surface area (Å²) in [6.07, 6.45) is 0. The summed E-state index contributed by atoms with van der Waals surface area (Å²) in [5, 5.41) is 0.231. The fourth-order valence-electron chi connectivity index (χ4n) is 1.32. The van der Waals surface area contributed by atoms with Gasteiger partial charge in [0.2, 0.25) is 0 Å².